The van der Waals surface area contributed by atoms with Gasteiger partial charge in [-0.05, 0) is 52.1 Å². The van der Waals surface area contributed by atoms with Crippen LogP contribution in [0.1, 0.15) is 38.5 Å². The molecule has 0 aromatic heterocycles. The molecule has 3 aliphatic heterocycles. The van der Waals surface area contributed by atoms with E-state index in [9.17, 15) is 0 Å². The molecule has 0 radical (unpaired) electrons. The van der Waals surface area contributed by atoms with Crippen LogP contribution >= 0.6 is 0 Å². The maximum atomic E-state index is 6.22. The lowest BCUT2D eigenvalue weighted by Gasteiger charge is -2.44. The highest BCUT2D eigenvalue weighted by Crippen LogP contribution is 2.39. The molecule has 0 amide bonds. The van der Waals surface area contributed by atoms with Gasteiger partial charge in [-0.15, -0.1) is 0 Å². The third-order valence-corrected chi connectivity index (χ3v) is 5.68. The molecule has 3 rings (SSSR count). The summed E-state index contributed by atoms with van der Waals surface area (Å²) in [6.45, 7) is 5.31. The summed E-state index contributed by atoms with van der Waals surface area (Å²) in [6, 6.07) is 0.686. The Morgan fingerprint density at radius 3 is 2.89 bits per heavy atom. The molecule has 3 atom stereocenters. The molecule has 3 heterocycles. The maximum Gasteiger partial charge on any atom is 0.0702 e. The van der Waals surface area contributed by atoms with Crippen LogP contribution in [0, 0.1) is 0 Å². The molecule has 0 spiro atoms. The number of nitrogens with zero attached hydrogens (tertiary/aromatic N) is 2. The standard InChI is InChI=1S/C15H29N3O/c1-17(11-13-5-2-3-10-19-13)15(12-16)7-9-18-8-4-6-14(15)18/h13-14H,2-12,16H2,1H3. The molecule has 110 valence electrons. The van der Waals surface area contributed by atoms with E-state index < -0.39 is 0 Å². The fraction of sp³-hybridized carbons (Fsp3) is 1.00. The maximum absolute atomic E-state index is 6.22. The van der Waals surface area contributed by atoms with Crippen LogP contribution in [0.5, 0.6) is 0 Å². The number of ether oxygens (including phenoxy) is 1. The third-order valence-electron chi connectivity index (χ3n) is 5.68. The molecule has 19 heavy (non-hydrogen) atoms. The first-order chi connectivity index (χ1) is 9.26. The summed E-state index contributed by atoms with van der Waals surface area (Å²) in [5.41, 5.74) is 6.43. The smallest absolute Gasteiger partial charge is 0.0702 e. The minimum Gasteiger partial charge on any atom is -0.377 e. The van der Waals surface area contributed by atoms with Crippen molar-refractivity contribution in [2.75, 3.05) is 39.8 Å². The average molecular weight is 267 g/mol. The van der Waals surface area contributed by atoms with E-state index in [1.54, 1.807) is 0 Å². The monoisotopic (exact) mass is 267 g/mol. The van der Waals surface area contributed by atoms with E-state index in [2.05, 4.69) is 16.8 Å². The first-order valence-electron chi connectivity index (χ1n) is 8.03. The van der Waals surface area contributed by atoms with Gasteiger partial charge in [0.1, 0.15) is 0 Å². The summed E-state index contributed by atoms with van der Waals surface area (Å²) in [7, 11) is 2.27. The predicted molar refractivity (Wildman–Crippen MR) is 77.2 cm³/mol. The molecule has 3 unspecified atom stereocenters. The molecule has 4 heteroatoms. The predicted octanol–water partition coefficient (Wildman–Crippen LogP) is 1.05. The van der Waals surface area contributed by atoms with Gasteiger partial charge in [0.2, 0.25) is 0 Å². The van der Waals surface area contributed by atoms with E-state index in [0.717, 1.165) is 19.7 Å². The van der Waals surface area contributed by atoms with Gasteiger partial charge in [-0.3, -0.25) is 9.80 Å². The normalized spacial score (nSPS) is 39.9. The fourth-order valence-corrected chi connectivity index (χ4v) is 4.48. The molecule has 3 saturated heterocycles. The Hall–Kier alpha value is -0.160. The van der Waals surface area contributed by atoms with Gasteiger partial charge in [0.15, 0.2) is 0 Å². The van der Waals surface area contributed by atoms with Crippen molar-refractivity contribution in [3.63, 3.8) is 0 Å². The van der Waals surface area contributed by atoms with Crippen LogP contribution in [0.4, 0.5) is 0 Å². The van der Waals surface area contributed by atoms with Crippen LogP contribution in [0.3, 0.4) is 0 Å². The summed E-state index contributed by atoms with van der Waals surface area (Å²) in [5, 5.41) is 0. The van der Waals surface area contributed by atoms with Crippen molar-refractivity contribution in [3.8, 4) is 0 Å². The molecular formula is C15H29N3O. The second-order valence-electron chi connectivity index (χ2n) is 6.62. The van der Waals surface area contributed by atoms with Crippen LogP contribution < -0.4 is 5.73 Å². The van der Waals surface area contributed by atoms with Crippen LogP contribution in [0.15, 0.2) is 0 Å². The largest absolute Gasteiger partial charge is 0.377 e. The van der Waals surface area contributed by atoms with Crippen molar-refractivity contribution in [1.82, 2.24) is 9.80 Å². The highest BCUT2D eigenvalue weighted by molar-refractivity contribution is 5.09. The van der Waals surface area contributed by atoms with Crippen molar-refractivity contribution in [2.45, 2.75) is 56.2 Å². The Morgan fingerprint density at radius 2 is 2.16 bits per heavy atom. The summed E-state index contributed by atoms with van der Waals surface area (Å²) in [5.74, 6) is 0. The highest BCUT2D eigenvalue weighted by Gasteiger charge is 2.50. The molecule has 2 N–H and O–H groups in total. The first kappa shape index (κ1) is 13.8. The SMILES string of the molecule is CN(CC1CCCCO1)C1(CN)CCN2CCCC21. The summed E-state index contributed by atoms with van der Waals surface area (Å²) in [4.78, 5) is 5.20. The van der Waals surface area contributed by atoms with Crippen LogP contribution in [-0.4, -0.2) is 67.3 Å². The number of likely N-dealkylation sites (N-methyl/N-ethyl adjacent to an activating group) is 1. The van der Waals surface area contributed by atoms with Crippen molar-refractivity contribution in [2.24, 2.45) is 5.73 Å². The number of hydrogen-bond donors (Lipinski definition) is 1. The van der Waals surface area contributed by atoms with Crippen molar-refractivity contribution >= 4 is 0 Å². The summed E-state index contributed by atoms with van der Waals surface area (Å²) in [6.07, 6.45) is 8.12. The van der Waals surface area contributed by atoms with Crippen LogP contribution in [-0.2, 0) is 4.74 Å². The quantitative estimate of drug-likeness (QED) is 0.827. The number of nitrogens with two attached hydrogens (primary N) is 1. The molecule has 0 aliphatic carbocycles. The molecule has 3 aliphatic rings. The Labute approximate surface area is 117 Å². The minimum atomic E-state index is 0.206. The third kappa shape index (κ3) is 2.44. The van der Waals surface area contributed by atoms with Gasteiger partial charge in [-0.1, -0.05) is 0 Å². The minimum absolute atomic E-state index is 0.206. The fourth-order valence-electron chi connectivity index (χ4n) is 4.48. The second kappa shape index (κ2) is 5.68. The lowest BCUT2D eigenvalue weighted by molar-refractivity contribution is -0.0273. The van der Waals surface area contributed by atoms with E-state index in [1.165, 1.54) is 51.6 Å². The van der Waals surface area contributed by atoms with Gasteiger partial charge in [-0.25, -0.2) is 0 Å². The van der Waals surface area contributed by atoms with Crippen molar-refractivity contribution in [3.05, 3.63) is 0 Å². The van der Waals surface area contributed by atoms with Crippen molar-refractivity contribution < 1.29 is 4.74 Å². The van der Waals surface area contributed by atoms with Gasteiger partial charge >= 0.3 is 0 Å². The van der Waals surface area contributed by atoms with E-state index in [-0.39, 0.29) is 5.54 Å². The molecule has 0 aromatic rings. The molecular weight excluding hydrogens is 238 g/mol. The Bertz CT molecular complexity index is 306. The number of hydrogen-bond acceptors (Lipinski definition) is 4. The Kier molecular flexibility index (Phi) is 4.13. The lowest BCUT2D eigenvalue weighted by Crippen LogP contribution is -2.60. The van der Waals surface area contributed by atoms with Crippen LogP contribution in [0.25, 0.3) is 0 Å². The molecule has 0 bridgehead atoms. The van der Waals surface area contributed by atoms with E-state index in [0.29, 0.717) is 12.1 Å². The van der Waals surface area contributed by atoms with E-state index >= 15 is 0 Å². The summed E-state index contributed by atoms with van der Waals surface area (Å²) >= 11 is 0. The second-order valence-corrected chi connectivity index (χ2v) is 6.62. The van der Waals surface area contributed by atoms with Gasteiger partial charge < -0.3 is 10.5 Å². The average Bonchev–Trinajstić information content (AvgIpc) is 3.01. The van der Waals surface area contributed by atoms with Gasteiger partial charge in [0.25, 0.3) is 0 Å². The zero-order valence-corrected chi connectivity index (χ0v) is 12.3. The van der Waals surface area contributed by atoms with E-state index in [4.69, 9.17) is 10.5 Å². The Balaban J connectivity index is 1.67. The zero-order valence-electron chi connectivity index (χ0n) is 12.3. The molecule has 0 aromatic carbocycles. The highest BCUT2D eigenvalue weighted by atomic mass is 16.5. The zero-order chi connectivity index (χ0) is 13.3. The lowest BCUT2D eigenvalue weighted by atomic mass is 9.86. The van der Waals surface area contributed by atoms with Crippen molar-refractivity contribution in [1.29, 1.82) is 0 Å². The van der Waals surface area contributed by atoms with E-state index in [1.807, 2.05) is 0 Å². The molecule has 3 fully saturated rings. The number of rotatable bonds is 4. The van der Waals surface area contributed by atoms with Crippen LogP contribution in [0.2, 0.25) is 0 Å². The van der Waals surface area contributed by atoms with Gasteiger partial charge in [-0.2, -0.15) is 0 Å². The summed E-state index contributed by atoms with van der Waals surface area (Å²) < 4.78 is 5.91. The molecule has 4 nitrogen and oxygen atoms in total. The Morgan fingerprint density at radius 1 is 1.26 bits per heavy atom. The topological polar surface area (TPSA) is 41.7 Å². The first-order valence-corrected chi connectivity index (χ1v) is 8.03. The van der Waals surface area contributed by atoms with Gasteiger partial charge in [0, 0.05) is 37.8 Å². The molecule has 0 saturated carbocycles. The number of fused-ring (bicyclic) bond motifs is 1. The van der Waals surface area contributed by atoms with Gasteiger partial charge in [0.05, 0.1) is 6.10 Å².